The number of rotatable bonds is 3. The number of benzene rings is 1. The van der Waals surface area contributed by atoms with E-state index in [2.05, 4.69) is 17.4 Å². The van der Waals surface area contributed by atoms with Crippen LogP contribution in [-0.2, 0) is 16.0 Å². The lowest BCUT2D eigenvalue weighted by Gasteiger charge is -2.30. The van der Waals surface area contributed by atoms with Crippen molar-refractivity contribution in [3.63, 3.8) is 0 Å². The highest BCUT2D eigenvalue weighted by atomic mass is 16.5. The van der Waals surface area contributed by atoms with Crippen molar-refractivity contribution >= 4 is 5.97 Å². The molecule has 3 nitrogen and oxygen atoms in total. The number of hydrogen-bond donors (Lipinski definition) is 1. The van der Waals surface area contributed by atoms with E-state index in [0.29, 0.717) is 5.92 Å². The summed E-state index contributed by atoms with van der Waals surface area (Å²) < 4.78 is 4.88. The Morgan fingerprint density at radius 3 is 2.88 bits per heavy atom. The minimum absolute atomic E-state index is 0.00560. The minimum Gasteiger partial charge on any atom is -0.469 e. The van der Waals surface area contributed by atoms with E-state index >= 15 is 0 Å². The first-order valence-electron chi connectivity index (χ1n) is 6.13. The van der Waals surface area contributed by atoms with E-state index in [4.69, 9.17) is 4.74 Å². The van der Waals surface area contributed by atoms with Gasteiger partial charge in [-0.05, 0) is 30.9 Å². The first kappa shape index (κ1) is 12.1. The molecule has 1 saturated heterocycles. The number of methoxy groups -OCH3 is 1. The molecule has 0 radical (unpaired) electrons. The molecule has 17 heavy (non-hydrogen) atoms. The zero-order valence-electron chi connectivity index (χ0n) is 10.2. The zero-order valence-corrected chi connectivity index (χ0v) is 10.2. The van der Waals surface area contributed by atoms with Crippen LogP contribution >= 0.6 is 0 Å². The summed E-state index contributed by atoms with van der Waals surface area (Å²) in [4.78, 5) is 11.7. The summed E-state index contributed by atoms with van der Waals surface area (Å²) in [6.07, 6.45) is 2.00. The van der Waals surface area contributed by atoms with Gasteiger partial charge >= 0.3 is 5.97 Å². The molecule has 1 N–H and O–H groups in total. The van der Waals surface area contributed by atoms with Gasteiger partial charge in [-0.15, -0.1) is 0 Å². The average molecular weight is 233 g/mol. The molecule has 1 heterocycles. The smallest absolute Gasteiger partial charge is 0.310 e. The van der Waals surface area contributed by atoms with Gasteiger partial charge in [-0.25, -0.2) is 0 Å². The lowest BCUT2D eigenvalue weighted by molar-refractivity contribution is -0.148. The maximum atomic E-state index is 11.7. The fourth-order valence-electron chi connectivity index (χ4n) is 2.50. The van der Waals surface area contributed by atoms with Crippen LogP contribution in [0, 0.1) is 11.8 Å². The highest BCUT2D eigenvalue weighted by Crippen LogP contribution is 2.24. The van der Waals surface area contributed by atoms with Crippen molar-refractivity contribution in [1.29, 1.82) is 0 Å². The van der Waals surface area contributed by atoms with Crippen LogP contribution in [0.1, 0.15) is 12.0 Å². The molecule has 0 amide bonds. The molecule has 0 unspecified atom stereocenters. The standard InChI is InChI=1S/C14H19NO2/c1-17-14(16)13-10-15-8-7-12(13)9-11-5-3-2-4-6-11/h2-6,12-13,15H,7-10H2,1H3/t12-,13-/m0/s1. The molecular formula is C14H19NO2. The first-order valence-corrected chi connectivity index (χ1v) is 6.13. The Morgan fingerprint density at radius 2 is 2.18 bits per heavy atom. The van der Waals surface area contributed by atoms with Gasteiger partial charge < -0.3 is 10.1 Å². The van der Waals surface area contributed by atoms with Gasteiger partial charge in [0.05, 0.1) is 13.0 Å². The molecule has 2 atom stereocenters. The van der Waals surface area contributed by atoms with E-state index in [1.807, 2.05) is 18.2 Å². The van der Waals surface area contributed by atoms with Crippen LogP contribution in [0.4, 0.5) is 0 Å². The summed E-state index contributed by atoms with van der Waals surface area (Å²) in [5.41, 5.74) is 1.30. The summed E-state index contributed by atoms with van der Waals surface area (Å²) in [7, 11) is 1.47. The van der Waals surface area contributed by atoms with E-state index in [0.717, 1.165) is 25.9 Å². The molecule has 1 aliphatic heterocycles. The summed E-state index contributed by atoms with van der Waals surface area (Å²) >= 11 is 0. The predicted octanol–water partition coefficient (Wildman–Crippen LogP) is 1.63. The van der Waals surface area contributed by atoms with Gasteiger partial charge in [0.1, 0.15) is 0 Å². The van der Waals surface area contributed by atoms with Crippen molar-refractivity contribution in [3.05, 3.63) is 35.9 Å². The van der Waals surface area contributed by atoms with Gasteiger partial charge in [-0.3, -0.25) is 4.79 Å². The number of nitrogens with one attached hydrogen (secondary N) is 1. The molecule has 1 aromatic carbocycles. The van der Waals surface area contributed by atoms with Gasteiger partial charge in [0, 0.05) is 6.54 Å². The number of carbonyl (C=O) groups excluding carboxylic acids is 1. The lowest BCUT2D eigenvalue weighted by atomic mass is 9.82. The van der Waals surface area contributed by atoms with Crippen molar-refractivity contribution in [2.75, 3.05) is 20.2 Å². The molecule has 1 aliphatic rings. The van der Waals surface area contributed by atoms with Gasteiger partial charge in [0.25, 0.3) is 0 Å². The van der Waals surface area contributed by atoms with Gasteiger partial charge in [-0.1, -0.05) is 30.3 Å². The average Bonchev–Trinajstić information content (AvgIpc) is 2.40. The number of carbonyl (C=O) groups is 1. The molecule has 0 spiro atoms. The molecule has 92 valence electrons. The normalized spacial score (nSPS) is 24.3. The molecule has 2 rings (SSSR count). The maximum Gasteiger partial charge on any atom is 0.310 e. The third kappa shape index (κ3) is 3.07. The van der Waals surface area contributed by atoms with E-state index in [-0.39, 0.29) is 11.9 Å². The second-order valence-electron chi connectivity index (χ2n) is 4.57. The Labute approximate surface area is 102 Å². The molecule has 3 heteroatoms. The second kappa shape index (κ2) is 5.82. The van der Waals surface area contributed by atoms with Gasteiger partial charge in [0.15, 0.2) is 0 Å². The SMILES string of the molecule is COC(=O)[C@H]1CNCC[C@H]1Cc1ccccc1. The fraction of sp³-hybridized carbons (Fsp3) is 0.500. The van der Waals surface area contributed by atoms with Crippen molar-refractivity contribution < 1.29 is 9.53 Å². The van der Waals surface area contributed by atoms with Crippen molar-refractivity contribution in [1.82, 2.24) is 5.32 Å². The zero-order chi connectivity index (χ0) is 12.1. The number of ether oxygens (including phenoxy) is 1. The Hall–Kier alpha value is -1.35. The molecule has 1 fully saturated rings. The molecule has 1 aromatic rings. The van der Waals surface area contributed by atoms with E-state index in [1.54, 1.807) is 0 Å². The summed E-state index contributed by atoms with van der Waals surface area (Å²) in [6, 6.07) is 10.4. The van der Waals surface area contributed by atoms with E-state index < -0.39 is 0 Å². The molecule has 0 bridgehead atoms. The van der Waals surface area contributed by atoms with Crippen LogP contribution < -0.4 is 5.32 Å². The monoisotopic (exact) mass is 233 g/mol. The van der Waals surface area contributed by atoms with Gasteiger partial charge in [-0.2, -0.15) is 0 Å². The van der Waals surface area contributed by atoms with Gasteiger partial charge in [0.2, 0.25) is 0 Å². The minimum atomic E-state index is -0.0851. The Balaban J connectivity index is 2.04. The van der Waals surface area contributed by atoms with Crippen LogP contribution in [0.15, 0.2) is 30.3 Å². The lowest BCUT2D eigenvalue weighted by Crippen LogP contribution is -2.42. The van der Waals surface area contributed by atoms with Crippen LogP contribution in [0.3, 0.4) is 0 Å². The van der Waals surface area contributed by atoms with Crippen molar-refractivity contribution in [2.45, 2.75) is 12.8 Å². The highest BCUT2D eigenvalue weighted by molar-refractivity contribution is 5.73. The Bertz CT molecular complexity index is 364. The number of esters is 1. The number of hydrogen-bond acceptors (Lipinski definition) is 3. The molecule has 0 aliphatic carbocycles. The van der Waals surface area contributed by atoms with Crippen LogP contribution in [0.5, 0.6) is 0 Å². The van der Waals surface area contributed by atoms with Crippen LogP contribution in [-0.4, -0.2) is 26.2 Å². The van der Waals surface area contributed by atoms with Crippen molar-refractivity contribution in [3.8, 4) is 0 Å². The summed E-state index contributed by atoms with van der Waals surface area (Å²) in [5, 5.41) is 3.26. The largest absolute Gasteiger partial charge is 0.469 e. The Morgan fingerprint density at radius 1 is 1.41 bits per heavy atom. The topological polar surface area (TPSA) is 38.3 Å². The van der Waals surface area contributed by atoms with Crippen LogP contribution in [0.2, 0.25) is 0 Å². The first-order chi connectivity index (χ1) is 8.31. The fourth-order valence-corrected chi connectivity index (χ4v) is 2.50. The van der Waals surface area contributed by atoms with E-state index in [1.165, 1.54) is 12.7 Å². The summed E-state index contributed by atoms with van der Waals surface area (Å²) in [6.45, 7) is 1.73. The predicted molar refractivity (Wildman–Crippen MR) is 66.6 cm³/mol. The Kier molecular flexibility index (Phi) is 4.15. The highest BCUT2D eigenvalue weighted by Gasteiger charge is 2.31. The summed E-state index contributed by atoms with van der Waals surface area (Å²) in [5.74, 6) is 0.304. The van der Waals surface area contributed by atoms with E-state index in [9.17, 15) is 4.79 Å². The molecular weight excluding hydrogens is 214 g/mol. The third-order valence-electron chi connectivity index (χ3n) is 3.47. The maximum absolute atomic E-state index is 11.7. The van der Waals surface area contributed by atoms with Crippen molar-refractivity contribution in [2.24, 2.45) is 11.8 Å². The second-order valence-corrected chi connectivity index (χ2v) is 4.57. The molecule has 0 aromatic heterocycles. The number of piperidine rings is 1. The van der Waals surface area contributed by atoms with Crippen LogP contribution in [0.25, 0.3) is 0 Å². The third-order valence-corrected chi connectivity index (χ3v) is 3.47. The quantitative estimate of drug-likeness (QED) is 0.806. The molecule has 0 saturated carbocycles.